The number of aromatic hydroxyl groups is 1. The zero-order valence-electron chi connectivity index (χ0n) is 11.0. The Bertz CT molecular complexity index is 778. The van der Waals surface area contributed by atoms with Crippen molar-refractivity contribution in [1.29, 1.82) is 0 Å². The molecule has 0 aromatic heterocycles. The van der Waals surface area contributed by atoms with Crippen molar-refractivity contribution >= 4 is 37.3 Å². The third-order valence-corrected chi connectivity index (χ3v) is 4.57. The van der Waals surface area contributed by atoms with E-state index in [4.69, 9.17) is 10.5 Å². The number of nitrogens with two attached hydrogens (primary N) is 1. The highest BCUT2D eigenvalue weighted by Gasteiger charge is 2.18. The van der Waals surface area contributed by atoms with Crippen molar-refractivity contribution < 1.29 is 18.3 Å². The van der Waals surface area contributed by atoms with E-state index < -0.39 is 10.0 Å². The van der Waals surface area contributed by atoms with Gasteiger partial charge in [0.25, 0.3) is 10.0 Å². The van der Waals surface area contributed by atoms with Crippen LogP contribution in [0.3, 0.4) is 0 Å². The number of ether oxygens (including phenoxy) is 1. The Morgan fingerprint density at radius 2 is 1.95 bits per heavy atom. The first-order valence-electron chi connectivity index (χ1n) is 5.78. The number of phenolic OH excluding ortho intramolecular Hbond substituents is 1. The minimum absolute atomic E-state index is 0.0147. The molecule has 0 unspecified atom stereocenters. The van der Waals surface area contributed by atoms with E-state index in [1.165, 1.54) is 25.3 Å². The van der Waals surface area contributed by atoms with Crippen LogP contribution in [-0.4, -0.2) is 20.6 Å². The second-order valence-electron chi connectivity index (χ2n) is 4.17. The molecule has 112 valence electrons. The normalized spacial score (nSPS) is 11.1. The van der Waals surface area contributed by atoms with Crippen LogP contribution in [0.4, 0.5) is 11.4 Å². The zero-order chi connectivity index (χ0) is 15.6. The standard InChI is InChI=1S/C13H13BrN2O4S/c1-20-13-5-2-8(14)6-11(13)16-21(18,19)9-3-4-12(17)10(15)7-9/h2-7,16-17H,15H2,1H3. The highest BCUT2D eigenvalue weighted by Crippen LogP contribution is 2.31. The Morgan fingerprint density at radius 3 is 2.57 bits per heavy atom. The number of rotatable bonds is 4. The molecule has 0 saturated carbocycles. The lowest BCUT2D eigenvalue weighted by atomic mass is 10.3. The smallest absolute Gasteiger partial charge is 0.262 e. The lowest BCUT2D eigenvalue weighted by Gasteiger charge is -2.12. The quantitative estimate of drug-likeness (QED) is 0.565. The Balaban J connectivity index is 2.41. The van der Waals surface area contributed by atoms with Crippen molar-refractivity contribution in [3.63, 3.8) is 0 Å². The van der Waals surface area contributed by atoms with Crippen LogP contribution in [0.15, 0.2) is 45.8 Å². The second kappa shape index (κ2) is 5.82. The number of anilines is 2. The van der Waals surface area contributed by atoms with Gasteiger partial charge in [0.15, 0.2) is 0 Å². The Labute approximate surface area is 130 Å². The Morgan fingerprint density at radius 1 is 1.24 bits per heavy atom. The van der Waals surface area contributed by atoms with Crippen LogP contribution in [0.2, 0.25) is 0 Å². The van der Waals surface area contributed by atoms with Gasteiger partial charge >= 0.3 is 0 Å². The number of methoxy groups -OCH3 is 1. The van der Waals surface area contributed by atoms with Crippen molar-refractivity contribution in [1.82, 2.24) is 0 Å². The molecule has 0 radical (unpaired) electrons. The lowest BCUT2D eigenvalue weighted by molar-refractivity contribution is 0.417. The molecule has 2 aromatic carbocycles. The van der Waals surface area contributed by atoms with Gasteiger partial charge in [-0.15, -0.1) is 0 Å². The number of hydrogen-bond acceptors (Lipinski definition) is 5. The van der Waals surface area contributed by atoms with Gasteiger partial charge in [0, 0.05) is 4.47 Å². The van der Waals surface area contributed by atoms with Crippen LogP contribution in [0.5, 0.6) is 11.5 Å². The molecule has 0 heterocycles. The number of phenols is 1. The van der Waals surface area contributed by atoms with E-state index in [0.29, 0.717) is 15.9 Å². The van der Waals surface area contributed by atoms with Gasteiger partial charge in [0.2, 0.25) is 0 Å². The summed E-state index contributed by atoms with van der Waals surface area (Å²) in [5, 5.41) is 9.35. The molecule has 0 atom stereocenters. The summed E-state index contributed by atoms with van der Waals surface area (Å²) in [6, 6.07) is 8.62. The molecule has 2 rings (SSSR count). The van der Waals surface area contributed by atoms with Crippen molar-refractivity contribution in [2.45, 2.75) is 4.90 Å². The molecular formula is C13H13BrN2O4S. The zero-order valence-corrected chi connectivity index (χ0v) is 13.4. The fraction of sp³-hybridized carbons (Fsp3) is 0.0769. The van der Waals surface area contributed by atoms with Crippen LogP contribution >= 0.6 is 15.9 Å². The molecule has 0 saturated heterocycles. The highest BCUT2D eigenvalue weighted by atomic mass is 79.9. The van der Waals surface area contributed by atoms with Crippen molar-refractivity contribution in [2.75, 3.05) is 17.6 Å². The number of halogens is 1. The first-order chi connectivity index (χ1) is 9.83. The molecule has 0 aliphatic carbocycles. The van der Waals surface area contributed by atoms with Gasteiger partial charge in [-0.3, -0.25) is 4.72 Å². The number of sulfonamides is 1. The number of hydrogen-bond donors (Lipinski definition) is 3. The van der Waals surface area contributed by atoms with Crippen molar-refractivity contribution in [3.05, 3.63) is 40.9 Å². The van der Waals surface area contributed by atoms with Crippen LogP contribution in [-0.2, 0) is 10.0 Å². The molecular weight excluding hydrogens is 360 g/mol. The van der Waals surface area contributed by atoms with Crippen LogP contribution in [0, 0.1) is 0 Å². The molecule has 21 heavy (non-hydrogen) atoms. The van der Waals surface area contributed by atoms with E-state index in [1.54, 1.807) is 18.2 Å². The monoisotopic (exact) mass is 372 g/mol. The molecule has 8 heteroatoms. The minimum atomic E-state index is -3.84. The lowest BCUT2D eigenvalue weighted by Crippen LogP contribution is -2.14. The number of nitrogens with one attached hydrogen (secondary N) is 1. The molecule has 0 aliphatic rings. The SMILES string of the molecule is COc1ccc(Br)cc1NS(=O)(=O)c1ccc(O)c(N)c1. The van der Waals surface area contributed by atoms with Gasteiger partial charge in [0.05, 0.1) is 23.4 Å². The van der Waals surface area contributed by atoms with E-state index in [2.05, 4.69) is 20.7 Å². The maximum Gasteiger partial charge on any atom is 0.262 e. The summed E-state index contributed by atoms with van der Waals surface area (Å²) in [4.78, 5) is -0.0557. The van der Waals surface area contributed by atoms with Crippen molar-refractivity contribution in [2.24, 2.45) is 0 Å². The third kappa shape index (κ3) is 3.40. The maximum absolute atomic E-state index is 12.3. The van der Waals surface area contributed by atoms with Gasteiger partial charge in [-0.1, -0.05) is 15.9 Å². The van der Waals surface area contributed by atoms with Gasteiger partial charge in [-0.2, -0.15) is 0 Å². The summed E-state index contributed by atoms with van der Waals surface area (Å²) >= 11 is 3.27. The largest absolute Gasteiger partial charge is 0.506 e. The average molecular weight is 373 g/mol. The predicted molar refractivity (Wildman–Crippen MR) is 84.0 cm³/mol. The van der Waals surface area contributed by atoms with E-state index in [9.17, 15) is 13.5 Å². The van der Waals surface area contributed by atoms with Gasteiger partial charge < -0.3 is 15.6 Å². The third-order valence-electron chi connectivity index (χ3n) is 2.72. The van der Waals surface area contributed by atoms with Gasteiger partial charge in [-0.25, -0.2) is 8.42 Å². The number of nitrogen functional groups attached to an aromatic ring is 1. The average Bonchev–Trinajstić information content (AvgIpc) is 2.41. The van der Waals surface area contributed by atoms with E-state index in [-0.39, 0.29) is 16.3 Å². The Hall–Kier alpha value is -1.93. The molecule has 0 spiro atoms. The molecule has 0 bridgehead atoms. The summed E-state index contributed by atoms with van der Waals surface area (Å²) < 4.78 is 32.9. The fourth-order valence-electron chi connectivity index (χ4n) is 1.66. The maximum atomic E-state index is 12.3. The van der Waals surface area contributed by atoms with E-state index in [1.807, 2.05) is 0 Å². The summed E-state index contributed by atoms with van der Waals surface area (Å²) in [5.74, 6) is 0.211. The second-order valence-corrected chi connectivity index (χ2v) is 6.77. The summed E-state index contributed by atoms with van der Waals surface area (Å²) in [6.07, 6.45) is 0. The van der Waals surface area contributed by atoms with Crippen LogP contribution < -0.4 is 15.2 Å². The molecule has 0 amide bonds. The minimum Gasteiger partial charge on any atom is -0.506 e. The van der Waals surface area contributed by atoms with E-state index in [0.717, 1.165) is 0 Å². The van der Waals surface area contributed by atoms with Crippen LogP contribution in [0.25, 0.3) is 0 Å². The highest BCUT2D eigenvalue weighted by molar-refractivity contribution is 9.10. The summed E-state index contributed by atoms with van der Waals surface area (Å²) in [6.45, 7) is 0. The molecule has 0 aliphatic heterocycles. The first-order valence-corrected chi connectivity index (χ1v) is 8.06. The topological polar surface area (TPSA) is 102 Å². The predicted octanol–water partition coefficient (Wildman–Crippen LogP) is 2.55. The summed E-state index contributed by atoms with van der Waals surface area (Å²) in [7, 11) is -2.40. The molecule has 4 N–H and O–H groups in total. The molecule has 2 aromatic rings. The van der Waals surface area contributed by atoms with Crippen LogP contribution in [0.1, 0.15) is 0 Å². The molecule has 0 fully saturated rings. The number of benzene rings is 2. The Kier molecular flexibility index (Phi) is 4.29. The van der Waals surface area contributed by atoms with Gasteiger partial charge in [-0.05, 0) is 36.4 Å². The summed E-state index contributed by atoms with van der Waals surface area (Å²) in [5.41, 5.74) is 5.79. The van der Waals surface area contributed by atoms with E-state index >= 15 is 0 Å². The first kappa shape index (κ1) is 15.5. The fourth-order valence-corrected chi connectivity index (χ4v) is 3.12. The molecule has 6 nitrogen and oxygen atoms in total. The van der Waals surface area contributed by atoms with Crippen molar-refractivity contribution in [3.8, 4) is 11.5 Å². The van der Waals surface area contributed by atoms with Gasteiger partial charge in [0.1, 0.15) is 11.5 Å².